The van der Waals surface area contributed by atoms with E-state index >= 15 is 0 Å². The molecule has 0 amide bonds. The Morgan fingerprint density at radius 1 is 1.20 bits per heavy atom. The van der Waals surface area contributed by atoms with Crippen LogP contribution >= 0.6 is 0 Å². The van der Waals surface area contributed by atoms with Crippen LogP contribution in [0.25, 0.3) is 0 Å². The van der Waals surface area contributed by atoms with Crippen LogP contribution in [0.4, 0.5) is 0 Å². The Morgan fingerprint density at radius 3 is 2.40 bits per heavy atom. The highest BCUT2D eigenvalue weighted by atomic mass is 16.6. The fraction of sp³-hybridized carbons (Fsp3) is 0.643. The lowest BCUT2D eigenvalue weighted by Gasteiger charge is -2.32. The fourth-order valence-electron chi connectivity index (χ4n) is 2.19. The van der Waals surface area contributed by atoms with Crippen molar-refractivity contribution in [2.24, 2.45) is 0 Å². The molecule has 1 aliphatic carbocycles. The lowest BCUT2D eigenvalue weighted by atomic mass is 9.89. The summed E-state index contributed by atoms with van der Waals surface area (Å²) in [6.45, 7) is 4.56. The van der Waals surface area contributed by atoms with E-state index in [-0.39, 0.29) is 6.61 Å². The van der Waals surface area contributed by atoms with Gasteiger partial charge in [-0.2, -0.15) is 0 Å². The van der Waals surface area contributed by atoms with E-state index in [2.05, 4.69) is 0 Å². The lowest BCUT2D eigenvalue weighted by Crippen LogP contribution is -2.39. The molecule has 0 aromatic heterocycles. The molecule has 0 aromatic rings. The Labute approximate surface area is 118 Å². The molecule has 1 aliphatic rings. The minimum atomic E-state index is -0.713. The van der Waals surface area contributed by atoms with Crippen molar-refractivity contribution < 1.29 is 28.6 Å². The highest BCUT2D eigenvalue weighted by Crippen LogP contribution is 2.29. The van der Waals surface area contributed by atoms with Crippen LogP contribution in [0, 0.1) is 0 Å². The van der Waals surface area contributed by atoms with Crippen molar-refractivity contribution in [2.45, 2.75) is 52.2 Å². The lowest BCUT2D eigenvalue weighted by molar-refractivity contribution is -0.164. The first-order valence-corrected chi connectivity index (χ1v) is 6.65. The number of carbonyl (C=O) groups is 3. The zero-order valence-corrected chi connectivity index (χ0v) is 12.0. The topological polar surface area (TPSA) is 78.9 Å². The first-order valence-electron chi connectivity index (χ1n) is 6.65. The number of esters is 3. The van der Waals surface area contributed by atoms with Gasteiger partial charge in [-0.1, -0.05) is 0 Å². The quantitative estimate of drug-likeness (QED) is 0.442. The molecule has 0 aliphatic heterocycles. The van der Waals surface area contributed by atoms with Gasteiger partial charge in [0.2, 0.25) is 0 Å². The van der Waals surface area contributed by atoms with Gasteiger partial charge in [-0.25, -0.2) is 4.79 Å². The Balaban J connectivity index is 2.91. The molecule has 1 rings (SSSR count). The monoisotopic (exact) mass is 284 g/mol. The molecule has 20 heavy (non-hydrogen) atoms. The average molecular weight is 284 g/mol. The van der Waals surface area contributed by atoms with E-state index in [1.807, 2.05) is 0 Å². The molecule has 1 unspecified atom stereocenters. The van der Waals surface area contributed by atoms with Crippen molar-refractivity contribution in [3.05, 3.63) is 11.6 Å². The molecule has 0 radical (unpaired) electrons. The molecule has 0 spiro atoms. The van der Waals surface area contributed by atoms with E-state index in [4.69, 9.17) is 14.2 Å². The van der Waals surface area contributed by atoms with Crippen LogP contribution in [0.5, 0.6) is 0 Å². The van der Waals surface area contributed by atoms with Crippen molar-refractivity contribution >= 4 is 17.9 Å². The smallest absolute Gasteiger partial charge is 0.330 e. The molecule has 112 valence electrons. The maximum Gasteiger partial charge on any atom is 0.330 e. The van der Waals surface area contributed by atoms with Gasteiger partial charge < -0.3 is 14.2 Å². The first-order chi connectivity index (χ1) is 9.43. The van der Waals surface area contributed by atoms with Crippen molar-refractivity contribution in [1.29, 1.82) is 0 Å². The van der Waals surface area contributed by atoms with Crippen LogP contribution in [0.2, 0.25) is 0 Å². The summed E-state index contributed by atoms with van der Waals surface area (Å²) in [5.41, 5.74) is 0.621. The molecule has 0 bridgehead atoms. The van der Waals surface area contributed by atoms with Crippen LogP contribution in [0.1, 0.15) is 40.0 Å². The molecule has 6 nitrogen and oxygen atoms in total. The number of hydrogen-bond donors (Lipinski definition) is 0. The van der Waals surface area contributed by atoms with Gasteiger partial charge in [-0.05, 0) is 31.8 Å². The standard InChI is InChI=1S/C14H20O6/c1-4-18-13(17)8-11-6-5-7-12(19-9(2)15)14(11)20-10(3)16/h8,12,14H,4-7H2,1-3H3/t12-,14?/m1/s1. The van der Waals surface area contributed by atoms with Gasteiger partial charge in [0.1, 0.15) is 6.10 Å². The van der Waals surface area contributed by atoms with Gasteiger partial charge in [0.15, 0.2) is 6.10 Å². The zero-order valence-electron chi connectivity index (χ0n) is 12.0. The molecular weight excluding hydrogens is 264 g/mol. The summed E-state index contributed by atoms with van der Waals surface area (Å²) < 4.78 is 15.2. The third-order valence-electron chi connectivity index (χ3n) is 2.86. The molecule has 0 saturated heterocycles. The molecular formula is C14H20O6. The van der Waals surface area contributed by atoms with Gasteiger partial charge in [-0.15, -0.1) is 0 Å². The van der Waals surface area contributed by atoms with Crippen molar-refractivity contribution in [2.75, 3.05) is 6.61 Å². The van der Waals surface area contributed by atoms with Crippen LogP contribution in [-0.2, 0) is 28.6 Å². The number of hydrogen-bond acceptors (Lipinski definition) is 6. The summed E-state index contributed by atoms with van der Waals surface area (Å²) in [6.07, 6.45) is 2.01. The van der Waals surface area contributed by atoms with Gasteiger partial charge in [0.25, 0.3) is 0 Å². The van der Waals surface area contributed by atoms with Gasteiger partial charge in [0.05, 0.1) is 6.61 Å². The fourth-order valence-corrected chi connectivity index (χ4v) is 2.19. The highest BCUT2D eigenvalue weighted by Gasteiger charge is 2.34. The molecule has 1 saturated carbocycles. The zero-order chi connectivity index (χ0) is 15.1. The van der Waals surface area contributed by atoms with Crippen LogP contribution in [-0.4, -0.2) is 36.7 Å². The summed E-state index contributed by atoms with van der Waals surface area (Å²) in [7, 11) is 0. The second-order valence-electron chi connectivity index (χ2n) is 4.54. The third-order valence-corrected chi connectivity index (χ3v) is 2.86. The van der Waals surface area contributed by atoms with E-state index in [1.54, 1.807) is 6.92 Å². The van der Waals surface area contributed by atoms with Crippen LogP contribution in [0.3, 0.4) is 0 Å². The van der Waals surface area contributed by atoms with Crippen molar-refractivity contribution in [3.63, 3.8) is 0 Å². The molecule has 2 atom stereocenters. The molecule has 0 heterocycles. The minimum Gasteiger partial charge on any atom is -0.463 e. The maximum atomic E-state index is 11.5. The van der Waals surface area contributed by atoms with Crippen molar-refractivity contribution in [3.8, 4) is 0 Å². The van der Waals surface area contributed by atoms with Crippen molar-refractivity contribution in [1.82, 2.24) is 0 Å². The first kappa shape index (κ1) is 16.2. The SMILES string of the molecule is CCOC(=O)C=C1CCC[C@@H](OC(C)=O)C1OC(C)=O. The summed E-state index contributed by atoms with van der Waals surface area (Å²) in [5, 5.41) is 0. The van der Waals surface area contributed by atoms with Crippen LogP contribution in [0.15, 0.2) is 11.6 Å². The van der Waals surface area contributed by atoms with Crippen LogP contribution < -0.4 is 0 Å². The third kappa shape index (κ3) is 5.03. The summed E-state index contributed by atoms with van der Waals surface area (Å²) in [4.78, 5) is 33.8. The van der Waals surface area contributed by atoms with E-state index in [9.17, 15) is 14.4 Å². The summed E-state index contributed by atoms with van der Waals surface area (Å²) >= 11 is 0. The molecule has 0 aromatic carbocycles. The van der Waals surface area contributed by atoms with Gasteiger partial charge in [-0.3, -0.25) is 9.59 Å². The molecule has 6 heteroatoms. The second-order valence-corrected chi connectivity index (χ2v) is 4.54. The highest BCUT2D eigenvalue weighted by molar-refractivity contribution is 5.83. The van der Waals surface area contributed by atoms with Gasteiger partial charge in [0, 0.05) is 19.9 Å². The largest absolute Gasteiger partial charge is 0.463 e. The van der Waals surface area contributed by atoms with E-state index in [0.29, 0.717) is 18.4 Å². The Bertz CT molecular complexity index is 412. The molecule has 1 fully saturated rings. The summed E-state index contributed by atoms with van der Waals surface area (Å²) in [6, 6.07) is 0. The Morgan fingerprint density at radius 2 is 1.85 bits per heavy atom. The number of ether oxygens (including phenoxy) is 3. The minimum absolute atomic E-state index is 0.272. The average Bonchev–Trinajstić information content (AvgIpc) is 2.32. The Kier molecular flexibility index (Phi) is 6.21. The Hall–Kier alpha value is -1.85. The van der Waals surface area contributed by atoms with Gasteiger partial charge >= 0.3 is 17.9 Å². The number of carbonyl (C=O) groups excluding carboxylic acids is 3. The maximum absolute atomic E-state index is 11.5. The normalized spacial score (nSPS) is 24.1. The molecule has 0 N–H and O–H groups in total. The summed E-state index contributed by atoms with van der Waals surface area (Å²) in [5.74, 6) is -1.41. The number of rotatable bonds is 4. The predicted octanol–water partition coefficient (Wildman–Crippen LogP) is 1.52. The second kappa shape index (κ2) is 7.67. The van der Waals surface area contributed by atoms with E-state index in [0.717, 1.165) is 6.42 Å². The predicted molar refractivity (Wildman–Crippen MR) is 69.7 cm³/mol. The van der Waals surface area contributed by atoms with E-state index < -0.39 is 30.1 Å². The van der Waals surface area contributed by atoms with E-state index in [1.165, 1.54) is 19.9 Å².